The molecule has 0 heterocycles. The lowest BCUT2D eigenvalue weighted by molar-refractivity contribution is -0.140. The number of hydrogen-bond acceptors (Lipinski definition) is 4. The molecule has 0 bridgehead atoms. The monoisotopic (exact) mass is 587 g/mol. The highest BCUT2D eigenvalue weighted by Gasteiger charge is 2.33. The number of halogens is 2. The summed E-state index contributed by atoms with van der Waals surface area (Å²) >= 11 is 5.98. The largest absolute Gasteiger partial charge is 0.350 e. The van der Waals surface area contributed by atoms with E-state index in [0.29, 0.717) is 5.02 Å². The molecule has 0 aliphatic heterocycles. The van der Waals surface area contributed by atoms with Gasteiger partial charge in [0.15, 0.2) is 0 Å². The third-order valence-electron chi connectivity index (χ3n) is 6.42. The van der Waals surface area contributed by atoms with Crippen LogP contribution in [0.2, 0.25) is 5.02 Å². The molecule has 0 saturated heterocycles. The molecule has 0 unspecified atom stereocenters. The van der Waals surface area contributed by atoms with Crippen LogP contribution in [0.1, 0.15) is 44.4 Å². The van der Waals surface area contributed by atoms with Gasteiger partial charge in [0.05, 0.1) is 10.6 Å². The highest BCUT2D eigenvalue weighted by atomic mass is 35.5. The minimum absolute atomic E-state index is 0.0536. The number of sulfonamides is 1. The number of carbonyl (C=O) groups excluding carboxylic acids is 2. The molecule has 0 aromatic heterocycles. The van der Waals surface area contributed by atoms with E-state index in [2.05, 4.69) is 5.32 Å². The number of rotatable bonds is 9. The maximum Gasteiger partial charge on any atom is 0.264 e. The molecule has 0 spiro atoms. The summed E-state index contributed by atoms with van der Waals surface area (Å²) in [5.41, 5.74) is 1.69. The molecule has 1 N–H and O–H groups in total. The predicted molar refractivity (Wildman–Crippen MR) is 156 cm³/mol. The number of nitrogens with zero attached hydrogens (tertiary/aromatic N) is 2. The van der Waals surface area contributed by atoms with Gasteiger partial charge in [-0.2, -0.15) is 0 Å². The first-order valence-electron chi connectivity index (χ1n) is 12.8. The third-order valence-corrected chi connectivity index (χ3v) is 8.46. The maximum atomic E-state index is 14.6. The Kier molecular flexibility index (Phi) is 9.64. The van der Waals surface area contributed by atoms with Gasteiger partial charge in [0.25, 0.3) is 10.0 Å². The number of aryl methyl sites for hydroxylation is 2. The molecule has 3 aromatic carbocycles. The van der Waals surface area contributed by atoms with E-state index in [4.69, 9.17) is 11.6 Å². The quantitative estimate of drug-likeness (QED) is 0.352. The van der Waals surface area contributed by atoms with Crippen LogP contribution in [0.3, 0.4) is 0 Å². The molecule has 1 atom stereocenters. The van der Waals surface area contributed by atoms with Crippen molar-refractivity contribution < 1.29 is 22.4 Å². The van der Waals surface area contributed by atoms with Crippen molar-refractivity contribution in [1.82, 2.24) is 10.2 Å². The van der Waals surface area contributed by atoms with Crippen LogP contribution in [0.25, 0.3) is 0 Å². The minimum Gasteiger partial charge on any atom is -0.350 e. The molecule has 0 saturated carbocycles. The molecular weight excluding hydrogens is 553 g/mol. The van der Waals surface area contributed by atoms with Crippen molar-refractivity contribution in [2.24, 2.45) is 0 Å². The van der Waals surface area contributed by atoms with E-state index in [1.807, 2.05) is 13.8 Å². The lowest BCUT2D eigenvalue weighted by Crippen LogP contribution is -2.54. The van der Waals surface area contributed by atoms with Gasteiger partial charge in [-0.25, -0.2) is 12.8 Å². The van der Waals surface area contributed by atoms with Crippen LogP contribution in [0.5, 0.6) is 0 Å². The lowest BCUT2D eigenvalue weighted by Gasteiger charge is -2.33. The van der Waals surface area contributed by atoms with Gasteiger partial charge in [0.2, 0.25) is 11.8 Å². The minimum atomic E-state index is -4.23. The molecule has 3 aromatic rings. The molecule has 40 heavy (non-hydrogen) atoms. The van der Waals surface area contributed by atoms with E-state index in [1.54, 1.807) is 45.0 Å². The molecule has 0 fully saturated rings. The van der Waals surface area contributed by atoms with Crippen LogP contribution < -0.4 is 9.62 Å². The van der Waals surface area contributed by atoms with Gasteiger partial charge in [0.1, 0.15) is 18.4 Å². The molecule has 7 nitrogen and oxygen atoms in total. The van der Waals surface area contributed by atoms with Crippen molar-refractivity contribution in [3.8, 4) is 0 Å². The first kappa shape index (κ1) is 31.1. The van der Waals surface area contributed by atoms with Crippen molar-refractivity contribution in [3.05, 3.63) is 94.3 Å². The van der Waals surface area contributed by atoms with E-state index in [-0.39, 0.29) is 22.7 Å². The molecule has 214 valence electrons. The van der Waals surface area contributed by atoms with Gasteiger partial charge in [0, 0.05) is 22.7 Å². The zero-order valence-electron chi connectivity index (χ0n) is 23.5. The van der Waals surface area contributed by atoms with Gasteiger partial charge < -0.3 is 10.2 Å². The number of anilines is 1. The van der Waals surface area contributed by atoms with Crippen LogP contribution >= 0.6 is 11.6 Å². The zero-order valence-corrected chi connectivity index (χ0v) is 25.1. The van der Waals surface area contributed by atoms with Crippen molar-refractivity contribution in [1.29, 1.82) is 0 Å². The number of benzene rings is 3. The second-order valence-electron chi connectivity index (χ2n) is 10.8. The molecule has 10 heteroatoms. The van der Waals surface area contributed by atoms with E-state index in [0.717, 1.165) is 15.4 Å². The Morgan fingerprint density at radius 1 is 0.975 bits per heavy atom. The number of hydrogen-bond donors (Lipinski definition) is 1. The predicted octanol–water partition coefficient (Wildman–Crippen LogP) is 5.62. The second-order valence-corrected chi connectivity index (χ2v) is 13.1. The van der Waals surface area contributed by atoms with Crippen molar-refractivity contribution >= 4 is 39.1 Å². The Labute approximate surface area is 241 Å². The smallest absolute Gasteiger partial charge is 0.264 e. The number of nitrogens with one attached hydrogen (secondary N) is 1. The van der Waals surface area contributed by atoms with Crippen LogP contribution in [-0.2, 0) is 26.2 Å². The summed E-state index contributed by atoms with van der Waals surface area (Å²) in [4.78, 5) is 28.2. The fourth-order valence-electron chi connectivity index (χ4n) is 4.01. The Hall–Kier alpha value is -3.43. The molecule has 2 amide bonds. The normalized spacial score (nSPS) is 12.5. The topological polar surface area (TPSA) is 86.8 Å². The van der Waals surface area contributed by atoms with E-state index in [1.165, 1.54) is 54.3 Å². The Balaban J connectivity index is 2.08. The summed E-state index contributed by atoms with van der Waals surface area (Å²) in [7, 11) is -4.23. The zero-order chi connectivity index (χ0) is 29.8. The average molecular weight is 588 g/mol. The van der Waals surface area contributed by atoms with Crippen LogP contribution in [-0.4, -0.2) is 43.3 Å². The van der Waals surface area contributed by atoms with E-state index in [9.17, 15) is 22.4 Å². The van der Waals surface area contributed by atoms with Crippen molar-refractivity contribution in [3.63, 3.8) is 0 Å². The summed E-state index contributed by atoms with van der Waals surface area (Å²) in [6.45, 7) is 9.85. The standard InChI is InChI=1S/C30H35ClFN3O4S/c1-20-11-14-25(17-21(20)2)35(40(38,39)26-15-12-24(31)13-16-26)19-28(36)34(18-23-9-7-8-10-27(23)32)22(3)29(37)33-30(4,5)6/h7-17,22H,18-19H2,1-6H3,(H,33,37)/t22-/m0/s1. The van der Waals surface area contributed by atoms with Crippen molar-refractivity contribution in [2.75, 3.05) is 10.8 Å². The lowest BCUT2D eigenvalue weighted by atomic mass is 10.1. The fraction of sp³-hybridized carbons (Fsp3) is 0.333. The average Bonchev–Trinajstić information content (AvgIpc) is 2.87. The number of carbonyl (C=O) groups is 2. The Bertz CT molecular complexity index is 1490. The van der Waals surface area contributed by atoms with Gasteiger partial charge in [-0.15, -0.1) is 0 Å². The van der Waals surface area contributed by atoms with E-state index >= 15 is 0 Å². The highest BCUT2D eigenvalue weighted by Crippen LogP contribution is 2.27. The number of amides is 2. The van der Waals surface area contributed by atoms with Crippen molar-refractivity contribution in [2.45, 2.75) is 64.6 Å². The van der Waals surface area contributed by atoms with Crippen LogP contribution in [0, 0.1) is 19.7 Å². The Morgan fingerprint density at radius 3 is 2.17 bits per heavy atom. The summed E-state index contributed by atoms with van der Waals surface area (Å²) in [6.07, 6.45) is 0. The third kappa shape index (κ3) is 7.61. The van der Waals surface area contributed by atoms with Crippen LogP contribution in [0.15, 0.2) is 71.6 Å². The fourth-order valence-corrected chi connectivity index (χ4v) is 5.54. The van der Waals surface area contributed by atoms with E-state index < -0.39 is 45.8 Å². The molecular formula is C30H35ClFN3O4S. The summed E-state index contributed by atoms with van der Waals surface area (Å²) in [6, 6.07) is 15.7. The van der Waals surface area contributed by atoms with Gasteiger partial charge in [-0.3, -0.25) is 13.9 Å². The Morgan fingerprint density at radius 2 is 1.60 bits per heavy atom. The summed E-state index contributed by atoms with van der Waals surface area (Å²) in [5, 5.41) is 3.21. The van der Waals surface area contributed by atoms with Gasteiger partial charge in [-0.05, 0) is 95.1 Å². The van der Waals surface area contributed by atoms with Gasteiger partial charge >= 0.3 is 0 Å². The SMILES string of the molecule is Cc1ccc(N(CC(=O)N(Cc2ccccc2F)[C@@H](C)C(=O)NC(C)(C)C)S(=O)(=O)c2ccc(Cl)cc2)cc1C. The van der Waals surface area contributed by atoms with Crippen LogP contribution in [0.4, 0.5) is 10.1 Å². The maximum absolute atomic E-state index is 14.6. The summed E-state index contributed by atoms with van der Waals surface area (Å²) in [5.74, 6) is -1.66. The molecule has 3 rings (SSSR count). The molecule has 0 aliphatic rings. The first-order chi connectivity index (χ1) is 18.6. The first-order valence-corrected chi connectivity index (χ1v) is 14.6. The molecule has 0 aliphatic carbocycles. The highest BCUT2D eigenvalue weighted by molar-refractivity contribution is 7.92. The molecule has 0 radical (unpaired) electrons. The second kappa shape index (κ2) is 12.4. The van der Waals surface area contributed by atoms with Gasteiger partial charge in [-0.1, -0.05) is 35.9 Å². The summed E-state index contributed by atoms with van der Waals surface area (Å²) < 4.78 is 43.4.